The van der Waals surface area contributed by atoms with E-state index in [4.69, 9.17) is 4.55 Å². The van der Waals surface area contributed by atoms with Crippen LogP contribution in [0.25, 0.3) is 0 Å². The topological polar surface area (TPSA) is 107 Å². The van der Waals surface area contributed by atoms with Crippen molar-refractivity contribution in [2.24, 2.45) is 0 Å². The average molecular weight is 272 g/mol. The molecule has 0 amide bonds. The van der Waals surface area contributed by atoms with Crippen molar-refractivity contribution in [3.8, 4) is 0 Å². The largest absolute Gasteiger partial charge is 0.457 e. The van der Waals surface area contributed by atoms with E-state index in [0.717, 1.165) is 0 Å². The maximum absolute atomic E-state index is 11.5. The highest BCUT2D eigenvalue weighted by atomic mass is 32.2. The van der Waals surface area contributed by atoms with Crippen molar-refractivity contribution in [3.63, 3.8) is 0 Å². The smallest absolute Gasteiger partial charge is 0.339 e. The lowest BCUT2D eigenvalue weighted by molar-refractivity contribution is 0.0159. The van der Waals surface area contributed by atoms with E-state index < -0.39 is 34.1 Å². The number of fused-ring (bicyclic) bond motifs is 7. The standard InChI is InChI=1S/C10H8O7S/c11-9-6-1-3-7(4-2-6)10(12)17-8(5-16-9)18(13,14)15/h1-4,8H,5H2,(H,13,14,15). The zero-order chi connectivity index (χ0) is 13.3. The van der Waals surface area contributed by atoms with Gasteiger partial charge in [-0.3, -0.25) is 4.55 Å². The number of benzene rings is 1. The van der Waals surface area contributed by atoms with Crippen LogP contribution < -0.4 is 0 Å². The van der Waals surface area contributed by atoms with Crippen molar-refractivity contribution in [1.82, 2.24) is 0 Å². The zero-order valence-corrected chi connectivity index (χ0v) is 9.72. The predicted molar refractivity (Wildman–Crippen MR) is 57.5 cm³/mol. The highest BCUT2D eigenvalue weighted by Gasteiger charge is 2.30. The van der Waals surface area contributed by atoms with Gasteiger partial charge in [0.15, 0.2) is 0 Å². The van der Waals surface area contributed by atoms with Gasteiger partial charge >= 0.3 is 22.1 Å². The lowest BCUT2D eigenvalue weighted by Gasteiger charge is -2.17. The van der Waals surface area contributed by atoms with Crippen LogP contribution in [0.1, 0.15) is 20.7 Å². The number of rotatable bonds is 1. The molecule has 2 aliphatic heterocycles. The molecule has 8 heteroatoms. The van der Waals surface area contributed by atoms with Crippen molar-refractivity contribution in [1.29, 1.82) is 0 Å². The maximum atomic E-state index is 11.5. The molecule has 0 fully saturated rings. The Morgan fingerprint density at radius 2 is 1.56 bits per heavy atom. The Bertz CT molecular complexity index is 587. The Balaban J connectivity index is 2.41. The SMILES string of the molecule is O=C1OCC(S(=O)(=O)O)OC(=O)c2ccc1cc2. The number of carbonyl (C=O) groups is 2. The van der Waals surface area contributed by atoms with Gasteiger partial charge in [-0.15, -0.1) is 0 Å². The van der Waals surface area contributed by atoms with E-state index in [9.17, 15) is 18.0 Å². The van der Waals surface area contributed by atoms with E-state index in [1.807, 2.05) is 0 Å². The van der Waals surface area contributed by atoms with Gasteiger partial charge in [0.25, 0.3) is 5.44 Å². The molecule has 1 aromatic rings. The third-order valence-electron chi connectivity index (χ3n) is 2.28. The van der Waals surface area contributed by atoms with Crippen LogP contribution in [-0.4, -0.2) is 37.0 Å². The van der Waals surface area contributed by atoms with Gasteiger partial charge in [-0.25, -0.2) is 9.59 Å². The van der Waals surface area contributed by atoms with Crippen molar-refractivity contribution < 1.29 is 32.0 Å². The molecule has 0 saturated heterocycles. The van der Waals surface area contributed by atoms with E-state index in [2.05, 4.69) is 9.47 Å². The van der Waals surface area contributed by atoms with E-state index in [1.165, 1.54) is 24.3 Å². The van der Waals surface area contributed by atoms with Crippen molar-refractivity contribution in [2.75, 3.05) is 6.61 Å². The molecular formula is C10H8O7S. The molecule has 1 N–H and O–H groups in total. The molecule has 96 valence electrons. The first-order chi connectivity index (χ1) is 8.38. The second-order valence-electron chi connectivity index (χ2n) is 3.53. The quantitative estimate of drug-likeness (QED) is 0.575. The Kier molecular flexibility index (Phi) is 3.05. The van der Waals surface area contributed by atoms with Gasteiger partial charge in [0.05, 0.1) is 11.1 Å². The molecule has 2 bridgehead atoms. The third kappa shape index (κ3) is 2.49. The van der Waals surface area contributed by atoms with E-state index >= 15 is 0 Å². The maximum Gasteiger partial charge on any atom is 0.339 e. The Hall–Kier alpha value is -1.93. The van der Waals surface area contributed by atoms with Gasteiger partial charge in [-0.05, 0) is 24.3 Å². The summed E-state index contributed by atoms with van der Waals surface area (Å²) in [5.41, 5.74) is -1.69. The first-order valence-electron chi connectivity index (χ1n) is 4.82. The summed E-state index contributed by atoms with van der Waals surface area (Å²) in [6.07, 6.45) is 0. The molecule has 0 saturated carbocycles. The number of esters is 2. The molecule has 1 atom stereocenters. The van der Waals surface area contributed by atoms with Gasteiger partial charge in [0.1, 0.15) is 6.61 Å². The second kappa shape index (κ2) is 4.39. The monoisotopic (exact) mass is 272 g/mol. The first-order valence-corrected chi connectivity index (χ1v) is 6.33. The summed E-state index contributed by atoms with van der Waals surface area (Å²) in [5.74, 6) is -1.70. The Morgan fingerprint density at radius 1 is 1.06 bits per heavy atom. The summed E-state index contributed by atoms with van der Waals surface area (Å²) in [6.45, 7) is -0.762. The van der Waals surface area contributed by atoms with Crippen LogP contribution in [0.5, 0.6) is 0 Å². The first kappa shape index (κ1) is 12.5. The minimum atomic E-state index is -4.66. The molecule has 3 rings (SSSR count). The molecule has 2 aliphatic rings. The molecule has 18 heavy (non-hydrogen) atoms. The second-order valence-corrected chi connectivity index (χ2v) is 5.08. The van der Waals surface area contributed by atoms with Crippen LogP contribution in [0, 0.1) is 0 Å². The van der Waals surface area contributed by atoms with E-state index in [1.54, 1.807) is 0 Å². The summed E-state index contributed by atoms with van der Waals surface area (Å²) in [7, 11) is -4.66. The lowest BCUT2D eigenvalue weighted by atomic mass is 10.1. The van der Waals surface area contributed by atoms with Crippen LogP contribution in [-0.2, 0) is 19.6 Å². The number of hydrogen-bond acceptors (Lipinski definition) is 6. The minimum Gasteiger partial charge on any atom is -0.457 e. The molecule has 0 spiro atoms. The fraction of sp³-hybridized carbons (Fsp3) is 0.200. The fourth-order valence-corrected chi connectivity index (χ4v) is 1.79. The summed E-state index contributed by atoms with van der Waals surface area (Å²) < 4.78 is 39.9. The molecule has 2 heterocycles. The zero-order valence-electron chi connectivity index (χ0n) is 8.90. The third-order valence-corrected chi connectivity index (χ3v) is 3.17. The van der Waals surface area contributed by atoms with Crippen LogP contribution >= 0.6 is 0 Å². The van der Waals surface area contributed by atoms with Crippen LogP contribution in [0.4, 0.5) is 0 Å². The van der Waals surface area contributed by atoms with Gasteiger partial charge in [0, 0.05) is 0 Å². The van der Waals surface area contributed by atoms with Gasteiger partial charge in [0.2, 0.25) is 0 Å². The summed E-state index contributed by atoms with van der Waals surface area (Å²) in [5, 5.41) is 0. The Labute approximate surface area is 102 Å². The highest BCUT2D eigenvalue weighted by molar-refractivity contribution is 7.86. The van der Waals surface area contributed by atoms with Gasteiger partial charge < -0.3 is 9.47 Å². The minimum absolute atomic E-state index is 0.0714. The molecule has 1 unspecified atom stereocenters. The fourth-order valence-electron chi connectivity index (χ4n) is 1.34. The van der Waals surface area contributed by atoms with Gasteiger partial charge in [-0.2, -0.15) is 8.42 Å². The molecule has 0 aromatic heterocycles. The van der Waals surface area contributed by atoms with Crippen molar-refractivity contribution in [2.45, 2.75) is 5.44 Å². The van der Waals surface area contributed by atoms with E-state index in [0.29, 0.717) is 0 Å². The molecular weight excluding hydrogens is 264 g/mol. The summed E-state index contributed by atoms with van der Waals surface area (Å²) in [4.78, 5) is 23.0. The molecule has 0 aliphatic carbocycles. The van der Waals surface area contributed by atoms with E-state index in [-0.39, 0.29) is 11.1 Å². The summed E-state index contributed by atoms with van der Waals surface area (Å²) >= 11 is 0. The molecule has 0 radical (unpaired) electrons. The van der Waals surface area contributed by atoms with Gasteiger partial charge in [-0.1, -0.05) is 0 Å². The number of carbonyl (C=O) groups excluding carboxylic acids is 2. The molecule has 1 aromatic carbocycles. The Morgan fingerprint density at radius 3 is 2.06 bits per heavy atom. The number of hydrogen-bond donors (Lipinski definition) is 1. The normalized spacial score (nSPS) is 20.2. The van der Waals surface area contributed by atoms with Crippen molar-refractivity contribution >= 4 is 22.1 Å². The van der Waals surface area contributed by atoms with Crippen molar-refractivity contribution in [3.05, 3.63) is 35.4 Å². The molecule has 7 nitrogen and oxygen atoms in total. The van der Waals surface area contributed by atoms with Crippen LogP contribution in [0.15, 0.2) is 24.3 Å². The van der Waals surface area contributed by atoms with Crippen LogP contribution in [0.2, 0.25) is 0 Å². The summed E-state index contributed by atoms with van der Waals surface area (Å²) in [6, 6.07) is 5.30. The lowest BCUT2D eigenvalue weighted by Crippen LogP contribution is -2.33. The number of ether oxygens (including phenoxy) is 2. The average Bonchev–Trinajstić information content (AvgIpc) is 2.32. The van der Waals surface area contributed by atoms with Crippen LogP contribution in [0.3, 0.4) is 0 Å². The highest BCUT2D eigenvalue weighted by Crippen LogP contribution is 2.14. The predicted octanol–water partition coefficient (Wildman–Crippen LogP) is 0.228.